The summed E-state index contributed by atoms with van der Waals surface area (Å²) in [4.78, 5) is 37.2. The molecule has 4 rings (SSSR count). The molecule has 2 aliphatic heterocycles. The molecule has 0 aliphatic carbocycles. The van der Waals surface area contributed by atoms with Gasteiger partial charge in [-0.1, -0.05) is 0 Å². The van der Waals surface area contributed by atoms with Crippen molar-refractivity contribution in [3.05, 3.63) is 48.0 Å². The van der Waals surface area contributed by atoms with Gasteiger partial charge in [0.15, 0.2) is 17.5 Å². The van der Waals surface area contributed by atoms with Crippen LogP contribution in [0.4, 0.5) is 23.7 Å². The van der Waals surface area contributed by atoms with E-state index in [1.54, 1.807) is 4.90 Å². The first-order chi connectivity index (χ1) is 14.9. The molecule has 2 fully saturated rings. The van der Waals surface area contributed by atoms with Crippen LogP contribution in [0.3, 0.4) is 0 Å². The van der Waals surface area contributed by atoms with Crippen LogP contribution in [0, 0.1) is 17.5 Å². The van der Waals surface area contributed by atoms with Gasteiger partial charge in [0.05, 0.1) is 18.9 Å². The average Bonchev–Trinajstić information content (AvgIpc) is 3.12. The van der Waals surface area contributed by atoms with Crippen molar-refractivity contribution in [3.63, 3.8) is 0 Å². The zero-order chi connectivity index (χ0) is 22.0. The highest BCUT2D eigenvalue weighted by molar-refractivity contribution is 5.96. The Hall–Kier alpha value is -3.37. The van der Waals surface area contributed by atoms with E-state index in [-0.39, 0.29) is 36.8 Å². The third-order valence-corrected chi connectivity index (χ3v) is 5.24. The molecule has 0 unspecified atom stereocenters. The molecule has 3 heterocycles. The predicted octanol–water partition coefficient (Wildman–Crippen LogP) is 2.21. The van der Waals surface area contributed by atoms with Gasteiger partial charge in [-0.2, -0.15) is 0 Å². The average molecular weight is 435 g/mol. The third kappa shape index (κ3) is 4.70. The Morgan fingerprint density at radius 1 is 1.10 bits per heavy atom. The fraction of sp³-hybridized carbons (Fsp3) is 0.400. The number of rotatable bonds is 5. The Labute approximate surface area is 176 Å². The van der Waals surface area contributed by atoms with Gasteiger partial charge in [-0.3, -0.25) is 9.69 Å². The number of piperidine rings is 1. The first kappa shape index (κ1) is 20.9. The number of amides is 3. The maximum absolute atomic E-state index is 13.5. The summed E-state index contributed by atoms with van der Waals surface area (Å²) in [6.07, 6.45) is 3.07. The highest BCUT2D eigenvalue weighted by Gasteiger charge is 2.33. The van der Waals surface area contributed by atoms with E-state index in [0.29, 0.717) is 32.5 Å². The Morgan fingerprint density at radius 2 is 1.87 bits per heavy atom. The summed E-state index contributed by atoms with van der Waals surface area (Å²) in [6.45, 7) is 1.26. The minimum Gasteiger partial charge on any atom is -0.458 e. The Kier molecular flexibility index (Phi) is 5.92. The molecule has 0 radical (unpaired) electrons. The summed E-state index contributed by atoms with van der Waals surface area (Å²) in [5, 5.41) is 0. The zero-order valence-electron chi connectivity index (χ0n) is 16.5. The lowest BCUT2D eigenvalue weighted by molar-refractivity contribution is -0.134. The lowest BCUT2D eigenvalue weighted by atomic mass is 10.1. The lowest BCUT2D eigenvalue weighted by Crippen LogP contribution is -2.48. The van der Waals surface area contributed by atoms with Gasteiger partial charge in [-0.25, -0.2) is 27.9 Å². The molecule has 2 saturated heterocycles. The van der Waals surface area contributed by atoms with Crippen molar-refractivity contribution in [2.45, 2.75) is 18.9 Å². The summed E-state index contributed by atoms with van der Waals surface area (Å²) < 4.78 is 45.2. The van der Waals surface area contributed by atoms with E-state index >= 15 is 0 Å². The summed E-state index contributed by atoms with van der Waals surface area (Å²) in [5.41, 5.74) is 0.240. The van der Waals surface area contributed by atoms with Gasteiger partial charge in [0.1, 0.15) is 12.6 Å². The molecule has 11 heteroatoms. The molecular weight excluding hydrogens is 415 g/mol. The van der Waals surface area contributed by atoms with Crippen LogP contribution in [0.5, 0.6) is 6.01 Å². The maximum atomic E-state index is 13.5. The molecule has 0 spiro atoms. The number of urea groups is 1. The number of hydrogen-bond donors (Lipinski definition) is 0. The molecule has 3 amide bonds. The Bertz CT molecular complexity index is 975. The van der Waals surface area contributed by atoms with E-state index in [4.69, 9.17) is 4.74 Å². The van der Waals surface area contributed by atoms with Crippen LogP contribution >= 0.6 is 0 Å². The second-order valence-corrected chi connectivity index (χ2v) is 7.36. The predicted molar refractivity (Wildman–Crippen MR) is 103 cm³/mol. The van der Waals surface area contributed by atoms with Crippen molar-refractivity contribution in [2.24, 2.45) is 0 Å². The molecule has 1 aromatic heterocycles. The number of anilines is 1. The molecular formula is C20H20F3N5O3. The highest BCUT2D eigenvalue weighted by atomic mass is 19.2. The first-order valence-corrected chi connectivity index (χ1v) is 9.84. The highest BCUT2D eigenvalue weighted by Crippen LogP contribution is 2.23. The normalized spacial score (nSPS) is 19.1. The maximum Gasteiger partial charge on any atom is 0.325 e. The van der Waals surface area contributed by atoms with Crippen molar-refractivity contribution in [3.8, 4) is 6.01 Å². The van der Waals surface area contributed by atoms with Gasteiger partial charge < -0.3 is 14.5 Å². The largest absolute Gasteiger partial charge is 0.458 e. The number of aromatic nitrogens is 2. The molecule has 0 N–H and O–H groups in total. The van der Waals surface area contributed by atoms with Gasteiger partial charge in [-0.15, -0.1) is 0 Å². The minimum atomic E-state index is -1.04. The number of ether oxygens (including phenoxy) is 1. The van der Waals surface area contributed by atoms with Crippen LogP contribution in [0.25, 0.3) is 0 Å². The van der Waals surface area contributed by atoms with E-state index in [1.807, 2.05) is 0 Å². The Morgan fingerprint density at radius 3 is 2.61 bits per heavy atom. The molecule has 8 nitrogen and oxygen atoms in total. The number of carbonyl (C=O) groups excluding carboxylic acids is 2. The smallest absolute Gasteiger partial charge is 0.325 e. The SMILES string of the molecule is O=C(CN1CCN(c2ccc(F)c(F)c2)C1=O)N1CCC[C@@H](Oc2ncc(F)cn2)C1. The molecule has 2 aromatic rings. The zero-order valence-corrected chi connectivity index (χ0v) is 16.5. The Balaban J connectivity index is 1.33. The fourth-order valence-electron chi connectivity index (χ4n) is 3.66. The summed E-state index contributed by atoms with van der Waals surface area (Å²) in [7, 11) is 0. The standard InChI is InChI=1S/C20H20F3N5O3/c21-13-9-24-19(25-10-13)31-15-2-1-5-26(11-15)18(29)12-27-6-7-28(20(27)30)14-3-4-16(22)17(23)8-14/h3-4,8-10,15H,1-2,5-7,11-12H2/t15-/m1/s1. The number of halogens is 3. The minimum absolute atomic E-state index is 0.0394. The molecule has 164 valence electrons. The molecule has 2 aliphatic rings. The molecule has 1 aromatic carbocycles. The molecule has 0 saturated carbocycles. The van der Waals surface area contributed by atoms with Gasteiger partial charge >= 0.3 is 12.0 Å². The van der Waals surface area contributed by atoms with Crippen molar-refractivity contribution in [1.29, 1.82) is 0 Å². The van der Waals surface area contributed by atoms with Crippen LogP contribution < -0.4 is 9.64 Å². The van der Waals surface area contributed by atoms with E-state index in [0.717, 1.165) is 24.5 Å². The monoisotopic (exact) mass is 435 g/mol. The molecule has 0 bridgehead atoms. The van der Waals surface area contributed by atoms with E-state index < -0.39 is 23.5 Å². The van der Waals surface area contributed by atoms with Crippen LogP contribution in [0.1, 0.15) is 12.8 Å². The summed E-state index contributed by atoms with van der Waals surface area (Å²) >= 11 is 0. The van der Waals surface area contributed by atoms with Crippen LogP contribution in [0.2, 0.25) is 0 Å². The second-order valence-electron chi connectivity index (χ2n) is 7.36. The van der Waals surface area contributed by atoms with Crippen molar-refractivity contribution >= 4 is 17.6 Å². The van der Waals surface area contributed by atoms with Crippen LogP contribution in [0.15, 0.2) is 30.6 Å². The van der Waals surface area contributed by atoms with Gasteiger partial charge in [-0.05, 0) is 25.0 Å². The van der Waals surface area contributed by atoms with Crippen LogP contribution in [-0.4, -0.2) is 70.5 Å². The van der Waals surface area contributed by atoms with Gasteiger partial charge in [0, 0.05) is 31.4 Å². The molecule has 31 heavy (non-hydrogen) atoms. The first-order valence-electron chi connectivity index (χ1n) is 9.84. The van der Waals surface area contributed by atoms with Gasteiger partial charge in [0.25, 0.3) is 0 Å². The number of nitrogens with zero attached hydrogens (tertiary/aromatic N) is 5. The van der Waals surface area contributed by atoms with E-state index in [2.05, 4.69) is 9.97 Å². The topological polar surface area (TPSA) is 78.9 Å². The third-order valence-electron chi connectivity index (χ3n) is 5.24. The number of hydrogen-bond acceptors (Lipinski definition) is 5. The number of benzene rings is 1. The fourth-order valence-corrected chi connectivity index (χ4v) is 3.66. The quantitative estimate of drug-likeness (QED) is 0.720. The van der Waals surface area contributed by atoms with Crippen molar-refractivity contribution < 1.29 is 27.5 Å². The van der Waals surface area contributed by atoms with Gasteiger partial charge in [0.2, 0.25) is 5.91 Å². The lowest BCUT2D eigenvalue weighted by Gasteiger charge is -2.33. The summed E-state index contributed by atoms with van der Waals surface area (Å²) in [5.74, 6) is -2.84. The van der Waals surface area contributed by atoms with Crippen molar-refractivity contribution in [2.75, 3.05) is 37.6 Å². The van der Waals surface area contributed by atoms with Crippen molar-refractivity contribution in [1.82, 2.24) is 19.8 Å². The second kappa shape index (κ2) is 8.78. The number of likely N-dealkylation sites (tertiary alicyclic amines) is 1. The number of carbonyl (C=O) groups is 2. The molecule has 1 atom stereocenters. The van der Waals surface area contributed by atoms with E-state index in [1.165, 1.54) is 15.9 Å². The van der Waals surface area contributed by atoms with E-state index in [9.17, 15) is 22.8 Å². The van der Waals surface area contributed by atoms with Crippen LogP contribution in [-0.2, 0) is 4.79 Å². The summed E-state index contributed by atoms with van der Waals surface area (Å²) in [6, 6.07) is 2.85.